The third-order valence-electron chi connectivity index (χ3n) is 4.34. The SMILES string of the molecule is O=C(CN1C(=O)C2CCCCC2C1=O)Nc1cccc(F)c1. The highest BCUT2D eigenvalue weighted by Gasteiger charge is 2.48. The van der Waals surface area contributed by atoms with Crippen LogP contribution in [0.3, 0.4) is 0 Å². The quantitative estimate of drug-likeness (QED) is 0.868. The fourth-order valence-electron chi connectivity index (χ4n) is 3.30. The average molecular weight is 304 g/mol. The molecule has 2 fully saturated rings. The number of likely N-dealkylation sites (tertiary alicyclic amines) is 1. The minimum Gasteiger partial charge on any atom is -0.324 e. The lowest BCUT2D eigenvalue weighted by Crippen LogP contribution is -2.38. The highest BCUT2D eigenvalue weighted by molar-refractivity contribution is 6.08. The number of hydrogen-bond acceptors (Lipinski definition) is 3. The van der Waals surface area contributed by atoms with Crippen LogP contribution in [-0.2, 0) is 14.4 Å². The van der Waals surface area contributed by atoms with Gasteiger partial charge in [-0.3, -0.25) is 19.3 Å². The van der Waals surface area contributed by atoms with Gasteiger partial charge in [-0.05, 0) is 31.0 Å². The number of rotatable bonds is 3. The normalized spacial score (nSPS) is 24.3. The van der Waals surface area contributed by atoms with E-state index < -0.39 is 11.7 Å². The molecule has 1 saturated carbocycles. The zero-order valence-corrected chi connectivity index (χ0v) is 12.0. The highest BCUT2D eigenvalue weighted by atomic mass is 19.1. The van der Waals surface area contributed by atoms with Crippen molar-refractivity contribution < 1.29 is 18.8 Å². The maximum atomic E-state index is 13.1. The molecule has 1 aromatic carbocycles. The number of nitrogens with one attached hydrogen (secondary N) is 1. The molecule has 1 aromatic rings. The Hall–Kier alpha value is -2.24. The summed E-state index contributed by atoms with van der Waals surface area (Å²) in [6.07, 6.45) is 3.33. The van der Waals surface area contributed by atoms with Crippen molar-refractivity contribution in [3.63, 3.8) is 0 Å². The molecule has 2 unspecified atom stereocenters. The molecule has 116 valence electrons. The summed E-state index contributed by atoms with van der Waals surface area (Å²) in [5, 5.41) is 2.51. The fraction of sp³-hybridized carbons (Fsp3) is 0.438. The van der Waals surface area contributed by atoms with Gasteiger partial charge in [0.05, 0.1) is 11.8 Å². The smallest absolute Gasteiger partial charge is 0.244 e. The summed E-state index contributed by atoms with van der Waals surface area (Å²) in [4.78, 5) is 37.6. The zero-order chi connectivity index (χ0) is 15.7. The Labute approximate surface area is 127 Å². The number of carbonyl (C=O) groups is 3. The Kier molecular flexibility index (Phi) is 3.92. The molecule has 1 saturated heterocycles. The summed E-state index contributed by atoms with van der Waals surface area (Å²) in [7, 11) is 0. The van der Waals surface area contributed by atoms with Crippen LogP contribution in [-0.4, -0.2) is 29.2 Å². The van der Waals surface area contributed by atoms with Crippen molar-refractivity contribution in [2.75, 3.05) is 11.9 Å². The summed E-state index contributed by atoms with van der Waals surface area (Å²) in [5.41, 5.74) is 0.307. The number of amides is 3. The number of carbonyl (C=O) groups excluding carboxylic acids is 3. The molecule has 2 aliphatic rings. The molecule has 1 N–H and O–H groups in total. The first-order valence-electron chi connectivity index (χ1n) is 7.47. The molecule has 0 aromatic heterocycles. The van der Waals surface area contributed by atoms with Gasteiger partial charge in [-0.2, -0.15) is 0 Å². The third kappa shape index (κ3) is 2.73. The predicted molar refractivity (Wildman–Crippen MR) is 77.2 cm³/mol. The summed E-state index contributed by atoms with van der Waals surface area (Å²) >= 11 is 0. The van der Waals surface area contributed by atoms with Gasteiger partial charge in [-0.15, -0.1) is 0 Å². The Morgan fingerprint density at radius 3 is 2.41 bits per heavy atom. The highest BCUT2D eigenvalue weighted by Crippen LogP contribution is 2.37. The van der Waals surface area contributed by atoms with E-state index in [1.165, 1.54) is 18.2 Å². The monoisotopic (exact) mass is 304 g/mol. The van der Waals surface area contributed by atoms with Crippen molar-refractivity contribution in [3.05, 3.63) is 30.1 Å². The van der Waals surface area contributed by atoms with Gasteiger partial charge in [0.1, 0.15) is 12.4 Å². The van der Waals surface area contributed by atoms with E-state index in [0.29, 0.717) is 5.69 Å². The summed E-state index contributed by atoms with van der Waals surface area (Å²) in [6, 6.07) is 5.49. The van der Waals surface area contributed by atoms with Crippen LogP contribution in [0.25, 0.3) is 0 Å². The maximum Gasteiger partial charge on any atom is 0.244 e. The molecule has 3 rings (SSSR count). The number of anilines is 1. The van der Waals surface area contributed by atoms with Crippen LogP contribution in [0.1, 0.15) is 25.7 Å². The number of halogens is 1. The van der Waals surface area contributed by atoms with Crippen molar-refractivity contribution in [1.82, 2.24) is 4.90 Å². The van der Waals surface area contributed by atoms with E-state index in [4.69, 9.17) is 0 Å². The molecule has 22 heavy (non-hydrogen) atoms. The van der Waals surface area contributed by atoms with Crippen molar-refractivity contribution >= 4 is 23.4 Å². The van der Waals surface area contributed by atoms with E-state index in [-0.39, 0.29) is 30.2 Å². The first kappa shape index (κ1) is 14.7. The van der Waals surface area contributed by atoms with Crippen molar-refractivity contribution in [3.8, 4) is 0 Å². The lowest BCUT2D eigenvalue weighted by Gasteiger charge is -2.19. The number of imide groups is 1. The molecule has 1 heterocycles. The number of nitrogens with zero attached hydrogens (tertiary/aromatic N) is 1. The second-order valence-electron chi connectivity index (χ2n) is 5.82. The van der Waals surface area contributed by atoms with E-state index in [9.17, 15) is 18.8 Å². The molecule has 0 radical (unpaired) electrons. The molecule has 1 aliphatic carbocycles. The van der Waals surface area contributed by atoms with E-state index in [2.05, 4.69) is 5.32 Å². The largest absolute Gasteiger partial charge is 0.324 e. The topological polar surface area (TPSA) is 66.5 Å². The van der Waals surface area contributed by atoms with Crippen LogP contribution in [0, 0.1) is 17.7 Å². The zero-order valence-electron chi connectivity index (χ0n) is 12.0. The first-order valence-corrected chi connectivity index (χ1v) is 7.47. The number of benzene rings is 1. The van der Waals surface area contributed by atoms with E-state index in [0.717, 1.165) is 30.6 Å². The molecular weight excluding hydrogens is 287 g/mol. The van der Waals surface area contributed by atoms with Gasteiger partial charge in [0.15, 0.2) is 0 Å². The van der Waals surface area contributed by atoms with Gasteiger partial charge in [-0.1, -0.05) is 18.9 Å². The Balaban J connectivity index is 1.66. The summed E-state index contributed by atoms with van der Waals surface area (Å²) in [6.45, 7) is -0.304. The second-order valence-corrected chi connectivity index (χ2v) is 5.82. The lowest BCUT2D eigenvalue weighted by molar-refractivity contribution is -0.142. The van der Waals surface area contributed by atoms with Gasteiger partial charge in [0.25, 0.3) is 0 Å². The van der Waals surface area contributed by atoms with Gasteiger partial charge < -0.3 is 5.32 Å². The van der Waals surface area contributed by atoms with Gasteiger partial charge in [0.2, 0.25) is 17.7 Å². The molecule has 1 aliphatic heterocycles. The Bertz CT molecular complexity index is 608. The van der Waals surface area contributed by atoms with Crippen LogP contribution < -0.4 is 5.32 Å². The van der Waals surface area contributed by atoms with Crippen molar-refractivity contribution in [2.45, 2.75) is 25.7 Å². The molecule has 3 amide bonds. The van der Waals surface area contributed by atoms with Gasteiger partial charge in [0, 0.05) is 5.69 Å². The standard InChI is InChI=1S/C16H17FN2O3/c17-10-4-3-5-11(8-10)18-14(20)9-19-15(21)12-6-1-2-7-13(12)16(19)22/h3-5,8,12-13H,1-2,6-7,9H2,(H,18,20). The Morgan fingerprint density at radius 2 is 1.82 bits per heavy atom. The lowest BCUT2D eigenvalue weighted by atomic mass is 9.81. The predicted octanol–water partition coefficient (Wildman–Crippen LogP) is 1.94. The van der Waals surface area contributed by atoms with Crippen LogP contribution in [0.2, 0.25) is 0 Å². The maximum absolute atomic E-state index is 13.1. The molecule has 2 atom stereocenters. The fourth-order valence-corrected chi connectivity index (χ4v) is 3.30. The number of fused-ring (bicyclic) bond motifs is 1. The van der Waals surface area contributed by atoms with Crippen LogP contribution in [0.15, 0.2) is 24.3 Å². The van der Waals surface area contributed by atoms with Gasteiger partial charge >= 0.3 is 0 Å². The van der Waals surface area contributed by atoms with Crippen LogP contribution in [0.4, 0.5) is 10.1 Å². The molecule has 0 spiro atoms. The Morgan fingerprint density at radius 1 is 1.18 bits per heavy atom. The first-order chi connectivity index (χ1) is 10.6. The van der Waals surface area contributed by atoms with E-state index >= 15 is 0 Å². The molecular formula is C16H17FN2O3. The average Bonchev–Trinajstić information content (AvgIpc) is 2.73. The van der Waals surface area contributed by atoms with Gasteiger partial charge in [-0.25, -0.2) is 4.39 Å². The van der Waals surface area contributed by atoms with E-state index in [1.54, 1.807) is 6.07 Å². The van der Waals surface area contributed by atoms with E-state index in [1.807, 2.05) is 0 Å². The summed E-state index contributed by atoms with van der Waals surface area (Å²) < 4.78 is 13.1. The molecule has 0 bridgehead atoms. The van der Waals surface area contributed by atoms with Crippen molar-refractivity contribution in [1.29, 1.82) is 0 Å². The third-order valence-corrected chi connectivity index (χ3v) is 4.34. The second kappa shape index (κ2) is 5.87. The molecule has 6 heteroatoms. The molecule has 5 nitrogen and oxygen atoms in total. The van der Waals surface area contributed by atoms with Crippen molar-refractivity contribution in [2.24, 2.45) is 11.8 Å². The number of hydrogen-bond donors (Lipinski definition) is 1. The van der Waals surface area contributed by atoms with Crippen LogP contribution in [0.5, 0.6) is 0 Å². The summed E-state index contributed by atoms with van der Waals surface area (Å²) in [5.74, 6) is -1.97. The minimum absolute atomic E-state index is 0.246. The van der Waals surface area contributed by atoms with Crippen LogP contribution >= 0.6 is 0 Å². The minimum atomic E-state index is -0.494.